The number of phenols is 1. The van der Waals surface area contributed by atoms with Crippen LogP contribution in [0.5, 0.6) is 5.75 Å². The molecule has 0 heterocycles. The monoisotopic (exact) mass is 557 g/mol. The molecule has 9 heteroatoms. The lowest BCUT2D eigenvalue weighted by atomic mass is 9.99. The summed E-state index contributed by atoms with van der Waals surface area (Å²) in [6, 6.07) is 12.3. The van der Waals surface area contributed by atoms with Crippen molar-refractivity contribution in [2.75, 3.05) is 18.7 Å². The van der Waals surface area contributed by atoms with Crippen molar-refractivity contribution < 1.29 is 29.3 Å². The number of amides is 1. The maximum Gasteiger partial charge on any atom is 0.412 e. The molecule has 0 spiro atoms. The minimum atomic E-state index is -1.04. The van der Waals surface area contributed by atoms with Gasteiger partial charge < -0.3 is 19.7 Å². The van der Waals surface area contributed by atoms with Crippen molar-refractivity contribution in [2.24, 2.45) is 0 Å². The molecule has 166 valence electrons. The molecule has 0 aliphatic carbocycles. The second kappa shape index (κ2) is 12.6. The van der Waals surface area contributed by atoms with E-state index >= 15 is 0 Å². The first-order chi connectivity index (χ1) is 14.8. The Morgan fingerprint density at radius 1 is 1.23 bits per heavy atom. The van der Waals surface area contributed by atoms with E-state index in [-0.39, 0.29) is 5.75 Å². The van der Waals surface area contributed by atoms with Crippen molar-refractivity contribution in [3.63, 3.8) is 0 Å². The van der Waals surface area contributed by atoms with Crippen molar-refractivity contribution in [3.8, 4) is 5.75 Å². The molecule has 1 amide bonds. The Balaban J connectivity index is 2.22. The molecule has 2 rings (SSSR count). The number of carbonyl (C=O) groups is 2. The van der Waals surface area contributed by atoms with E-state index in [9.17, 15) is 14.7 Å². The maximum absolute atomic E-state index is 12.6. The van der Waals surface area contributed by atoms with Gasteiger partial charge in [0.25, 0.3) is 0 Å². The van der Waals surface area contributed by atoms with Crippen LogP contribution in [0.2, 0.25) is 0 Å². The summed E-state index contributed by atoms with van der Waals surface area (Å²) in [7, 11) is 1.48. The van der Waals surface area contributed by atoms with Gasteiger partial charge in [-0.05, 0) is 84.2 Å². The van der Waals surface area contributed by atoms with Crippen LogP contribution in [0.15, 0.2) is 59.5 Å². The summed E-state index contributed by atoms with van der Waals surface area (Å²) >= 11 is 3.70. The van der Waals surface area contributed by atoms with Gasteiger partial charge in [-0.15, -0.1) is 11.8 Å². The van der Waals surface area contributed by atoms with Crippen LogP contribution >= 0.6 is 34.4 Å². The minimum Gasteiger partial charge on any atom is -0.508 e. The molecule has 0 radical (unpaired) electrons. The Kier molecular flexibility index (Phi) is 10.2. The number of aromatic hydroxyl groups is 1. The zero-order chi connectivity index (χ0) is 22.8. The molecule has 0 fully saturated rings. The molecule has 0 saturated carbocycles. The molecular weight excluding hydrogens is 533 g/mol. The lowest BCUT2D eigenvalue weighted by molar-refractivity contribution is -0.131. The summed E-state index contributed by atoms with van der Waals surface area (Å²) in [5.74, 6) is -1.06. The van der Waals surface area contributed by atoms with Crippen LogP contribution in [0.25, 0.3) is 0 Å². The SMILES string of the molecule is CO[C@@H](CC/C=C/C(=O)O)[C@@H](OC(=O)Nc1ccc(SC)cc1)c1cc(I)ccc1O. The van der Waals surface area contributed by atoms with Gasteiger partial charge in [-0.2, -0.15) is 0 Å². The molecule has 2 atom stereocenters. The van der Waals surface area contributed by atoms with Crippen molar-refractivity contribution in [3.05, 3.63) is 63.8 Å². The van der Waals surface area contributed by atoms with Crippen molar-refractivity contribution in [1.29, 1.82) is 0 Å². The second-order valence-corrected chi connectivity index (χ2v) is 8.60. The van der Waals surface area contributed by atoms with Gasteiger partial charge in [-0.3, -0.25) is 5.32 Å². The van der Waals surface area contributed by atoms with Crippen molar-refractivity contribution >= 4 is 52.1 Å². The lowest BCUT2D eigenvalue weighted by Crippen LogP contribution is -2.28. The van der Waals surface area contributed by atoms with Crippen LogP contribution in [0, 0.1) is 3.57 Å². The van der Waals surface area contributed by atoms with E-state index in [1.165, 1.54) is 19.3 Å². The van der Waals surface area contributed by atoms with Crippen LogP contribution in [0.4, 0.5) is 10.5 Å². The van der Waals surface area contributed by atoms with Crippen LogP contribution in [-0.2, 0) is 14.3 Å². The average Bonchev–Trinajstić information content (AvgIpc) is 2.74. The molecule has 3 N–H and O–H groups in total. The largest absolute Gasteiger partial charge is 0.508 e. The molecule has 0 aromatic heterocycles. The Bertz CT molecular complexity index is 919. The highest BCUT2D eigenvalue weighted by molar-refractivity contribution is 14.1. The first-order valence-electron chi connectivity index (χ1n) is 9.36. The number of rotatable bonds is 10. The van der Waals surface area contributed by atoms with E-state index in [2.05, 4.69) is 27.9 Å². The molecule has 2 aromatic rings. The van der Waals surface area contributed by atoms with Crippen LogP contribution in [0.1, 0.15) is 24.5 Å². The Hall–Kier alpha value is -2.24. The Labute approximate surface area is 199 Å². The molecule has 31 heavy (non-hydrogen) atoms. The number of ether oxygens (including phenoxy) is 2. The van der Waals surface area contributed by atoms with E-state index in [0.717, 1.165) is 14.5 Å². The first kappa shape index (κ1) is 25.0. The minimum absolute atomic E-state index is 0.0225. The summed E-state index contributed by atoms with van der Waals surface area (Å²) in [6.45, 7) is 0. The number of nitrogens with one attached hydrogen (secondary N) is 1. The predicted molar refractivity (Wildman–Crippen MR) is 129 cm³/mol. The highest BCUT2D eigenvalue weighted by Crippen LogP contribution is 2.34. The smallest absolute Gasteiger partial charge is 0.412 e. The highest BCUT2D eigenvalue weighted by Gasteiger charge is 2.29. The van der Waals surface area contributed by atoms with E-state index in [4.69, 9.17) is 14.6 Å². The molecular formula is C22H24INO6S. The van der Waals surface area contributed by atoms with Gasteiger partial charge in [0.05, 0.1) is 6.10 Å². The molecule has 2 aromatic carbocycles. The number of anilines is 1. The fourth-order valence-corrected chi connectivity index (χ4v) is 3.79. The fraction of sp³-hybridized carbons (Fsp3) is 0.273. The maximum atomic E-state index is 12.6. The van der Waals surface area contributed by atoms with Crippen LogP contribution < -0.4 is 5.32 Å². The number of hydrogen-bond acceptors (Lipinski definition) is 6. The van der Waals surface area contributed by atoms with Crippen molar-refractivity contribution in [2.45, 2.75) is 29.9 Å². The number of aliphatic carboxylic acids is 1. The molecule has 0 saturated heterocycles. The number of halogens is 1. The quantitative estimate of drug-likeness (QED) is 0.203. The number of thioether (sulfide) groups is 1. The first-order valence-corrected chi connectivity index (χ1v) is 11.7. The number of carboxylic acid groups (broad SMARTS) is 1. The zero-order valence-electron chi connectivity index (χ0n) is 17.1. The number of methoxy groups -OCH3 is 1. The summed E-state index contributed by atoms with van der Waals surface area (Å²) in [4.78, 5) is 24.4. The normalized spacial score (nSPS) is 13.0. The predicted octanol–water partition coefficient (Wildman–Crippen LogP) is 5.44. The van der Waals surface area contributed by atoms with Gasteiger partial charge in [0.1, 0.15) is 5.75 Å². The molecule has 0 aliphatic rings. The third-order valence-electron chi connectivity index (χ3n) is 4.39. The van der Waals surface area contributed by atoms with E-state index in [0.29, 0.717) is 24.1 Å². The third kappa shape index (κ3) is 8.08. The summed E-state index contributed by atoms with van der Waals surface area (Å²) in [6.07, 6.45) is 3.10. The number of phenolic OH excluding ortho intramolecular Hbond substituents is 1. The molecule has 0 unspecified atom stereocenters. The lowest BCUT2D eigenvalue weighted by Gasteiger charge is -2.27. The summed E-state index contributed by atoms with van der Waals surface area (Å²) in [5.41, 5.74) is 0.987. The topological polar surface area (TPSA) is 105 Å². The number of benzene rings is 2. The number of hydrogen-bond donors (Lipinski definition) is 3. The number of carboxylic acids is 1. The summed E-state index contributed by atoms with van der Waals surface area (Å²) in [5, 5.41) is 21.8. The van der Waals surface area contributed by atoms with Crippen LogP contribution in [0.3, 0.4) is 0 Å². The van der Waals surface area contributed by atoms with Crippen LogP contribution in [-0.4, -0.2) is 41.7 Å². The van der Waals surface area contributed by atoms with Gasteiger partial charge in [0.2, 0.25) is 0 Å². The van der Waals surface area contributed by atoms with Gasteiger partial charge in [0.15, 0.2) is 6.10 Å². The molecule has 0 aliphatic heterocycles. The fourth-order valence-electron chi connectivity index (χ4n) is 2.87. The van der Waals surface area contributed by atoms with E-state index in [1.54, 1.807) is 36.0 Å². The van der Waals surface area contributed by atoms with Gasteiger partial charge in [-0.1, -0.05) is 6.08 Å². The summed E-state index contributed by atoms with van der Waals surface area (Å²) < 4.78 is 12.1. The highest BCUT2D eigenvalue weighted by atomic mass is 127. The van der Waals surface area contributed by atoms with E-state index < -0.39 is 24.3 Å². The number of allylic oxidation sites excluding steroid dienone is 1. The molecule has 0 bridgehead atoms. The van der Waals surface area contributed by atoms with Crippen molar-refractivity contribution in [1.82, 2.24) is 0 Å². The standard InChI is InChI=1S/C22H24INO6S/c1-29-19(5-3-4-6-20(26)27)21(17-13-14(23)7-12-18(17)25)30-22(28)24-15-8-10-16(31-2)11-9-15/h4,6-13,19,21,25H,3,5H2,1-2H3,(H,24,28)(H,26,27)/b6-4+/t19-,21-/m0/s1. The van der Waals surface area contributed by atoms with Gasteiger partial charge in [-0.25, -0.2) is 9.59 Å². The Morgan fingerprint density at radius 2 is 1.94 bits per heavy atom. The average molecular weight is 557 g/mol. The Morgan fingerprint density at radius 3 is 2.55 bits per heavy atom. The van der Waals surface area contributed by atoms with Gasteiger partial charge in [0, 0.05) is 32.9 Å². The second-order valence-electron chi connectivity index (χ2n) is 6.47. The molecule has 7 nitrogen and oxygen atoms in total. The van der Waals surface area contributed by atoms with E-state index in [1.807, 2.05) is 18.4 Å². The zero-order valence-corrected chi connectivity index (χ0v) is 20.1. The third-order valence-corrected chi connectivity index (χ3v) is 5.80. The number of carbonyl (C=O) groups excluding carboxylic acids is 1. The van der Waals surface area contributed by atoms with Gasteiger partial charge >= 0.3 is 12.1 Å².